The van der Waals surface area contributed by atoms with E-state index in [0.717, 1.165) is 11.3 Å². The lowest BCUT2D eigenvalue weighted by Crippen LogP contribution is -2.40. The zero-order chi connectivity index (χ0) is 30.7. The standard InChI is InChI=1S/C28H26Cl2N2O9S/c1-6-40-27(36)22-13(2)31-28-32(23(22)15-10-18(37-3)25(39-5)19(11-15)38-4)26(35)20(42-28)9-14-7-16(29)24(17(30)8-14)41-12-21(33)34/h7-11,23H,6,12H2,1-5H3,(H,33,34)/b20-9-/t23-/m0/s1. The van der Waals surface area contributed by atoms with E-state index < -0.39 is 30.1 Å². The van der Waals surface area contributed by atoms with Gasteiger partial charge in [0.25, 0.3) is 5.56 Å². The summed E-state index contributed by atoms with van der Waals surface area (Å²) in [5, 5.41) is 9.03. The monoisotopic (exact) mass is 636 g/mol. The molecule has 0 unspecified atom stereocenters. The van der Waals surface area contributed by atoms with Gasteiger partial charge < -0.3 is 28.8 Å². The number of benzene rings is 2. The number of carboxylic acid groups (broad SMARTS) is 1. The molecule has 0 amide bonds. The van der Waals surface area contributed by atoms with Crippen LogP contribution in [-0.4, -0.2) is 56.2 Å². The number of esters is 1. The van der Waals surface area contributed by atoms with Crippen LogP contribution in [0.1, 0.15) is 31.0 Å². The molecule has 0 spiro atoms. The molecule has 0 aliphatic carbocycles. The lowest BCUT2D eigenvalue weighted by Gasteiger charge is -2.26. The van der Waals surface area contributed by atoms with Crippen LogP contribution in [0.3, 0.4) is 0 Å². The highest BCUT2D eigenvalue weighted by molar-refractivity contribution is 7.07. The topological polar surface area (TPSA) is 135 Å². The first-order valence-corrected chi connectivity index (χ1v) is 13.9. The van der Waals surface area contributed by atoms with Crippen LogP contribution in [0.5, 0.6) is 23.0 Å². The highest BCUT2D eigenvalue weighted by Crippen LogP contribution is 2.42. The number of hydrogen-bond donors (Lipinski definition) is 1. The van der Waals surface area contributed by atoms with Gasteiger partial charge in [0.2, 0.25) is 5.75 Å². The molecule has 0 fully saturated rings. The number of methoxy groups -OCH3 is 3. The Hall–Kier alpha value is -4.00. The van der Waals surface area contributed by atoms with E-state index >= 15 is 0 Å². The predicted molar refractivity (Wildman–Crippen MR) is 156 cm³/mol. The van der Waals surface area contributed by atoms with Gasteiger partial charge in [-0.25, -0.2) is 14.6 Å². The van der Waals surface area contributed by atoms with E-state index in [2.05, 4.69) is 4.99 Å². The van der Waals surface area contributed by atoms with Crippen molar-refractivity contribution in [2.75, 3.05) is 34.5 Å². The summed E-state index contributed by atoms with van der Waals surface area (Å²) >= 11 is 13.7. The van der Waals surface area contributed by atoms with Crippen molar-refractivity contribution in [3.8, 4) is 23.0 Å². The Kier molecular flexibility index (Phi) is 9.50. The van der Waals surface area contributed by atoms with E-state index in [4.69, 9.17) is 52.0 Å². The summed E-state index contributed by atoms with van der Waals surface area (Å²) in [5.74, 6) is -0.785. The number of carbonyl (C=O) groups excluding carboxylic acids is 1. The number of hydrogen-bond acceptors (Lipinski definition) is 10. The predicted octanol–water partition coefficient (Wildman–Crippen LogP) is 3.59. The molecule has 0 saturated carbocycles. The van der Waals surface area contributed by atoms with Crippen molar-refractivity contribution in [3.63, 3.8) is 0 Å². The maximum Gasteiger partial charge on any atom is 0.341 e. The van der Waals surface area contributed by atoms with Gasteiger partial charge in [0, 0.05) is 0 Å². The summed E-state index contributed by atoms with van der Waals surface area (Å²) < 4.78 is 28.7. The van der Waals surface area contributed by atoms with Gasteiger partial charge in [-0.2, -0.15) is 0 Å². The van der Waals surface area contributed by atoms with Gasteiger partial charge >= 0.3 is 11.9 Å². The SMILES string of the molecule is CCOC(=O)C1=C(C)N=c2s/c(=C\c3cc(Cl)c(OCC(=O)O)c(Cl)c3)c(=O)n2[C@H]1c1cc(OC)c(OC)c(OC)c1. The van der Waals surface area contributed by atoms with Crippen LogP contribution in [0.2, 0.25) is 10.0 Å². The minimum Gasteiger partial charge on any atom is -0.493 e. The minimum atomic E-state index is -1.19. The number of thiazole rings is 1. The Balaban J connectivity index is 1.94. The van der Waals surface area contributed by atoms with E-state index in [0.29, 0.717) is 38.9 Å². The fourth-order valence-corrected chi connectivity index (χ4v) is 6.11. The highest BCUT2D eigenvalue weighted by Gasteiger charge is 2.34. The summed E-state index contributed by atoms with van der Waals surface area (Å²) in [4.78, 5) is 43.0. The number of fused-ring (bicyclic) bond motifs is 1. The number of nitrogens with zero attached hydrogens (tertiary/aromatic N) is 2. The number of rotatable bonds is 10. The minimum absolute atomic E-state index is 0.0106. The van der Waals surface area contributed by atoms with Crippen LogP contribution in [0.25, 0.3) is 6.08 Å². The smallest absolute Gasteiger partial charge is 0.341 e. The van der Waals surface area contributed by atoms with Crippen molar-refractivity contribution in [2.45, 2.75) is 19.9 Å². The molecule has 1 N–H and O–H groups in total. The third-order valence-electron chi connectivity index (χ3n) is 6.18. The van der Waals surface area contributed by atoms with Crippen LogP contribution in [0.4, 0.5) is 0 Å². The molecule has 0 bridgehead atoms. The normalized spacial score (nSPS) is 14.6. The van der Waals surface area contributed by atoms with Crippen molar-refractivity contribution in [2.24, 2.45) is 4.99 Å². The van der Waals surface area contributed by atoms with Crippen LogP contribution >= 0.6 is 34.5 Å². The number of aliphatic carboxylic acids is 1. The van der Waals surface area contributed by atoms with Crippen molar-refractivity contribution >= 4 is 52.6 Å². The Morgan fingerprint density at radius 2 is 1.67 bits per heavy atom. The zero-order valence-electron chi connectivity index (χ0n) is 23.2. The fourth-order valence-electron chi connectivity index (χ4n) is 4.45. The number of ether oxygens (including phenoxy) is 5. The Labute approximate surface area is 253 Å². The molecule has 0 saturated heterocycles. The molecule has 2 heterocycles. The first kappa shape index (κ1) is 30.9. The molecule has 3 aromatic rings. The summed E-state index contributed by atoms with van der Waals surface area (Å²) in [6.07, 6.45) is 1.57. The fraction of sp³-hybridized carbons (Fsp3) is 0.286. The van der Waals surface area contributed by atoms with Gasteiger partial charge in [-0.1, -0.05) is 34.5 Å². The molecule has 222 valence electrons. The van der Waals surface area contributed by atoms with Crippen LogP contribution < -0.4 is 33.8 Å². The van der Waals surface area contributed by atoms with Crippen LogP contribution in [-0.2, 0) is 14.3 Å². The first-order valence-electron chi connectivity index (χ1n) is 12.4. The molecule has 0 radical (unpaired) electrons. The number of halogens is 2. The van der Waals surface area contributed by atoms with Gasteiger partial charge in [-0.05, 0) is 55.3 Å². The maximum atomic E-state index is 13.9. The molecule has 4 rings (SSSR count). The van der Waals surface area contributed by atoms with E-state index in [-0.39, 0.29) is 32.5 Å². The van der Waals surface area contributed by atoms with Crippen molar-refractivity contribution < 1.29 is 38.4 Å². The second kappa shape index (κ2) is 12.9. The number of carboxylic acids is 1. The van der Waals surface area contributed by atoms with Crippen LogP contribution in [0.15, 0.2) is 45.3 Å². The molecule has 1 aromatic heterocycles. The number of carbonyl (C=O) groups is 2. The number of allylic oxidation sites excluding steroid dienone is 1. The third-order valence-corrected chi connectivity index (χ3v) is 7.72. The molecular weight excluding hydrogens is 611 g/mol. The second-order valence-corrected chi connectivity index (χ2v) is 10.6. The molecule has 1 atom stereocenters. The van der Waals surface area contributed by atoms with E-state index in [9.17, 15) is 14.4 Å². The van der Waals surface area contributed by atoms with Gasteiger partial charge in [0.05, 0.1) is 59.8 Å². The van der Waals surface area contributed by atoms with E-state index in [1.165, 1.54) is 38.0 Å². The molecule has 14 heteroatoms. The summed E-state index contributed by atoms with van der Waals surface area (Å²) in [6.45, 7) is 2.85. The molecule has 11 nitrogen and oxygen atoms in total. The van der Waals surface area contributed by atoms with Crippen molar-refractivity contribution in [1.82, 2.24) is 4.57 Å². The molecule has 1 aliphatic rings. The average Bonchev–Trinajstić information content (AvgIpc) is 3.24. The van der Waals surface area contributed by atoms with Crippen molar-refractivity contribution in [1.29, 1.82) is 0 Å². The van der Waals surface area contributed by atoms with Crippen LogP contribution in [0, 0.1) is 0 Å². The second-order valence-electron chi connectivity index (χ2n) is 8.76. The van der Waals surface area contributed by atoms with Gasteiger partial charge in [-0.3, -0.25) is 9.36 Å². The number of aromatic nitrogens is 1. The summed E-state index contributed by atoms with van der Waals surface area (Å²) in [6, 6.07) is 5.38. The lowest BCUT2D eigenvalue weighted by molar-refractivity contribution is -0.140. The Morgan fingerprint density at radius 1 is 1.05 bits per heavy atom. The van der Waals surface area contributed by atoms with E-state index in [1.807, 2.05) is 0 Å². The Bertz CT molecular complexity index is 1730. The largest absolute Gasteiger partial charge is 0.493 e. The first-order chi connectivity index (χ1) is 20.0. The lowest BCUT2D eigenvalue weighted by atomic mass is 9.95. The van der Waals surface area contributed by atoms with Gasteiger partial charge in [0.1, 0.15) is 0 Å². The highest BCUT2D eigenvalue weighted by atomic mass is 35.5. The van der Waals surface area contributed by atoms with Crippen molar-refractivity contribution in [3.05, 3.63) is 76.4 Å². The summed E-state index contributed by atoms with van der Waals surface area (Å²) in [5.41, 5.74) is 1.08. The summed E-state index contributed by atoms with van der Waals surface area (Å²) in [7, 11) is 4.41. The molecule has 1 aliphatic heterocycles. The molecular formula is C28H26Cl2N2O9S. The maximum absolute atomic E-state index is 13.9. The zero-order valence-corrected chi connectivity index (χ0v) is 25.5. The Morgan fingerprint density at radius 3 is 2.19 bits per heavy atom. The molecule has 42 heavy (non-hydrogen) atoms. The van der Waals surface area contributed by atoms with Gasteiger partial charge in [-0.15, -0.1) is 0 Å². The third kappa shape index (κ3) is 5.96. The van der Waals surface area contributed by atoms with Gasteiger partial charge in [0.15, 0.2) is 28.7 Å². The average molecular weight is 637 g/mol. The molecule has 2 aromatic carbocycles. The van der Waals surface area contributed by atoms with E-state index in [1.54, 1.807) is 32.1 Å². The quantitative estimate of drug-likeness (QED) is 0.331.